The van der Waals surface area contributed by atoms with Crippen LogP contribution in [-0.2, 0) is 5.41 Å². The molecular weight excluding hydrogens is 488 g/mol. The maximum atomic E-state index is 13.0. The van der Waals surface area contributed by atoms with Crippen LogP contribution >= 0.6 is 0 Å². The molecule has 1 aliphatic carbocycles. The van der Waals surface area contributed by atoms with E-state index in [1.165, 1.54) is 6.07 Å². The van der Waals surface area contributed by atoms with Gasteiger partial charge < -0.3 is 10.6 Å². The number of hydrogen-bond acceptors (Lipinski definition) is 4. The van der Waals surface area contributed by atoms with Gasteiger partial charge in [0.15, 0.2) is 11.6 Å². The fraction of sp³-hybridized carbons (Fsp3) is 0.152. The molecule has 0 atom stereocenters. The van der Waals surface area contributed by atoms with Crippen molar-refractivity contribution in [3.63, 3.8) is 0 Å². The van der Waals surface area contributed by atoms with Crippen molar-refractivity contribution in [2.24, 2.45) is 0 Å². The van der Waals surface area contributed by atoms with Gasteiger partial charge in [-0.3, -0.25) is 19.2 Å². The highest BCUT2D eigenvalue weighted by Crippen LogP contribution is 2.30. The van der Waals surface area contributed by atoms with Gasteiger partial charge in [0, 0.05) is 44.8 Å². The van der Waals surface area contributed by atoms with Gasteiger partial charge in [-0.2, -0.15) is 0 Å². The van der Waals surface area contributed by atoms with Crippen molar-refractivity contribution in [1.82, 2.24) is 0 Å². The molecule has 6 nitrogen and oxygen atoms in total. The van der Waals surface area contributed by atoms with Crippen LogP contribution in [0.2, 0.25) is 0 Å². The van der Waals surface area contributed by atoms with E-state index in [-0.39, 0.29) is 28.5 Å². The van der Waals surface area contributed by atoms with Gasteiger partial charge in [-0.15, -0.1) is 0 Å². The van der Waals surface area contributed by atoms with Gasteiger partial charge in [-0.1, -0.05) is 63.2 Å². The van der Waals surface area contributed by atoms with E-state index in [0.29, 0.717) is 39.2 Å². The Hall–Kier alpha value is -4.84. The summed E-state index contributed by atoms with van der Waals surface area (Å²) in [6.07, 6.45) is 0.987. The van der Waals surface area contributed by atoms with Crippen molar-refractivity contribution in [2.45, 2.75) is 32.6 Å². The Morgan fingerprint density at radius 3 is 1.82 bits per heavy atom. The van der Waals surface area contributed by atoms with Gasteiger partial charge in [0.25, 0.3) is 11.8 Å². The number of ketones is 2. The van der Waals surface area contributed by atoms with Gasteiger partial charge >= 0.3 is 0 Å². The quantitative estimate of drug-likeness (QED) is 0.264. The zero-order valence-electron chi connectivity index (χ0n) is 22.0. The predicted molar refractivity (Wildman–Crippen MR) is 152 cm³/mol. The average Bonchev–Trinajstić information content (AvgIpc) is 2.96. The molecule has 0 saturated carbocycles. The van der Waals surface area contributed by atoms with Crippen LogP contribution in [0.3, 0.4) is 0 Å². The van der Waals surface area contributed by atoms with Crippen LogP contribution in [-0.4, -0.2) is 23.4 Å². The Morgan fingerprint density at radius 2 is 1.18 bits per heavy atom. The number of benzene rings is 4. The minimum Gasteiger partial charge on any atom is -0.322 e. The lowest BCUT2D eigenvalue weighted by atomic mass is 9.82. The molecular formula is C33H28N2O4. The first kappa shape index (κ1) is 25.8. The third kappa shape index (κ3) is 5.01. The molecule has 0 heterocycles. The number of nitrogens with one attached hydrogen (secondary N) is 2. The fourth-order valence-corrected chi connectivity index (χ4v) is 4.60. The topological polar surface area (TPSA) is 92.3 Å². The average molecular weight is 517 g/mol. The Kier molecular flexibility index (Phi) is 6.71. The first-order valence-corrected chi connectivity index (χ1v) is 12.8. The van der Waals surface area contributed by atoms with Crippen LogP contribution in [0, 0.1) is 0 Å². The van der Waals surface area contributed by atoms with Crippen LogP contribution in [0.5, 0.6) is 0 Å². The van der Waals surface area contributed by atoms with E-state index in [2.05, 4.69) is 31.4 Å². The van der Waals surface area contributed by atoms with E-state index in [0.717, 1.165) is 12.0 Å². The maximum Gasteiger partial charge on any atom is 0.255 e. The van der Waals surface area contributed by atoms with Crippen LogP contribution in [0.4, 0.5) is 11.4 Å². The number of carbonyl (C=O) groups excluding carboxylic acids is 4. The Bertz CT molecular complexity index is 1630. The van der Waals surface area contributed by atoms with Gasteiger partial charge in [0.1, 0.15) is 0 Å². The van der Waals surface area contributed by atoms with Crippen LogP contribution in [0.25, 0.3) is 0 Å². The minimum absolute atomic E-state index is 0.0298. The lowest BCUT2D eigenvalue weighted by molar-refractivity contribution is 0.0979. The molecule has 1 aliphatic rings. The Morgan fingerprint density at radius 1 is 0.615 bits per heavy atom. The fourth-order valence-electron chi connectivity index (χ4n) is 4.60. The first-order chi connectivity index (χ1) is 18.7. The summed E-state index contributed by atoms with van der Waals surface area (Å²) in [6.45, 7) is 6.47. The second kappa shape index (κ2) is 10.1. The van der Waals surface area contributed by atoms with Crippen molar-refractivity contribution in [2.75, 3.05) is 10.6 Å². The summed E-state index contributed by atoms with van der Waals surface area (Å²) in [6, 6.07) is 25.6. The summed E-state index contributed by atoms with van der Waals surface area (Å²) in [5.74, 6) is -1.16. The largest absolute Gasteiger partial charge is 0.322 e. The molecule has 0 unspecified atom stereocenters. The van der Waals surface area contributed by atoms with E-state index in [1.54, 1.807) is 72.8 Å². The standard InChI is InChI=1S/C33H28N2O4/c1-4-33(2,3)22-14-12-20(13-15-22)31(38)34-23-9-7-8-21(18-23)32(39)35-24-16-17-27-28(19-24)30(37)26-11-6-5-10-25(26)29(27)36/h5-19H,4H2,1-3H3,(H,34,38)(H,35,39). The molecule has 0 aliphatic heterocycles. The first-order valence-electron chi connectivity index (χ1n) is 12.8. The van der Waals surface area contributed by atoms with Gasteiger partial charge in [-0.25, -0.2) is 0 Å². The van der Waals surface area contributed by atoms with Crippen LogP contribution < -0.4 is 10.6 Å². The van der Waals surface area contributed by atoms with Gasteiger partial charge in [-0.05, 0) is 65.9 Å². The summed E-state index contributed by atoms with van der Waals surface area (Å²) >= 11 is 0. The molecule has 39 heavy (non-hydrogen) atoms. The second-order valence-electron chi connectivity index (χ2n) is 10.3. The Labute approximate surface area is 227 Å². The van der Waals surface area contributed by atoms with Crippen LogP contribution in [0.15, 0.2) is 91.0 Å². The van der Waals surface area contributed by atoms with E-state index in [9.17, 15) is 19.2 Å². The molecule has 0 saturated heterocycles. The molecule has 4 aromatic carbocycles. The molecule has 2 amide bonds. The summed E-state index contributed by atoms with van der Waals surface area (Å²) in [4.78, 5) is 51.7. The Balaban J connectivity index is 1.30. The molecule has 4 aromatic rings. The summed E-state index contributed by atoms with van der Waals surface area (Å²) in [7, 11) is 0. The number of hydrogen-bond donors (Lipinski definition) is 2. The van der Waals surface area contributed by atoms with E-state index >= 15 is 0 Å². The monoisotopic (exact) mass is 516 g/mol. The molecule has 0 bridgehead atoms. The lowest BCUT2D eigenvalue weighted by Gasteiger charge is -2.23. The SMILES string of the molecule is CCC(C)(C)c1ccc(C(=O)Nc2cccc(C(=O)Nc3ccc4c(c3)C(=O)c3ccccc3C4=O)c2)cc1. The molecule has 2 N–H and O–H groups in total. The minimum atomic E-state index is -0.410. The molecule has 0 aromatic heterocycles. The summed E-state index contributed by atoms with van der Waals surface area (Å²) in [5.41, 5.74) is 4.22. The number of fused-ring (bicyclic) bond motifs is 2. The molecule has 0 radical (unpaired) electrons. The molecule has 5 rings (SSSR count). The number of carbonyl (C=O) groups is 4. The van der Waals surface area contributed by atoms with Gasteiger partial charge in [0.2, 0.25) is 0 Å². The number of anilines is 2. The summed E-state index contributed by atoms with van der Waals surface area (Å²) in [5, 5.41) is 5.64. The highest BCUT2D eigenvalue weighted by Gasteiger charge is 2.29. The molecule has 6 heteroatoms. The zero-order valence-corrected chi connectivity index (χ0v) is 22.0. The normalized spacial score (nSPS) is 12.4. The van der Waals surface area contributed by atoms with E-state index in [1.807, 2.05) is 12.1 Å². The van der Waals surface area contributed by atoms with Crippen molar-refractivity contribution >= 4 is 34.8 Å². The van der Waals surface area contributed by atoms with Crippen LogP contribution in [0.1, 0.15) is 85.3 Å². The van der Waals surface area contributed by atoms with E-state index < -0.39 is 5.91 Å². The van der Waals surface area contributed by atoms with Crippen molar-refractivity contribution < 1.29 is 19.2 Å². The van der Waals surface area contributed by atoms with Crippen molar-refractivity contribution in [1.29, 1.82) is 0 Å². The highest BCUT2D eigenvalue weighted by molar-refractivity contribution is 6.28. The summed E-state index contributed by atoms with van der Waals surface area (Å²) < 4.78 is 0. The van der Waals surface area contributed by atoms with Crippen molar-refractivity contribution in [3.05, 3.63) is 130 Å². The van der Waals surface area contributed by atoms with E-state index in [4.69, 9.17) is 0 Å². The third-order valence-corrected chi connectivity index (χ3v) is 7.38. The highest BCUT2D eigenvalue weighted by atomic mass is 16.2. The van der Waals surface area contributed by atoms with Gasteiger partial charge in [0.05, 0.1) is 0 Å². The lowest BCUT2D eigenvalue weighted by Crippen LogP contribution is -2.21. The predicted octanol–water partition coefficient (Wildman–Crippen LogP) is 6.65. The molecule has 0 fully saturated rings. The maximum absolute atomic E-state index is 13.0. The number of amides is 2. The molecule has 194 valence electrons. The molecule has 0 spiro atoms. The second-order valence-corrected chi connectivity index (χ2v) is 10.3. The zero-order chi connectivity index (χ0) is 27.7. The smallest absolute Gasteiger partial charge is 0.255 e. The third-order valence-electron chi connectivity index (χ3n) is 7.38. The van der Waals surface area contributed by atoms with Crippen molar-refractivity contribution in [3.8, 4) is 0 Å². The number of rotatable bonds is 6.